The molecule has 0 amide bonds. The standard InChI is InChI=1S/C10H13ClN2OSi.C7H5ClN2O.C5H4Cl2N2O.C5H10Si/c1-14-10-8(11)7-12-9(13-10)5-6-15(2,3)4;1-3-6-9-4-5(8)7(10-6)11-2;1-10-4-3(6)2-8-5(7)9-4;1-5-6(2,3)4/h7H,1-4H3;1,4H,2H3;2H,1H3;1H,2-4H3. The van der Waals surface area contributed by atoms with Gasteiger partial charge < -0.3 is 14.2 Å². The fourth-order valence-corrected chi connectivity index (χ4v) is 2.95. The molecule has 0 atom stereocenters. The molecule has 0 bridgehead atoms. The second kappa shape index (κ2) is 19.2. The third-order valence-electron chi connectivity index (χ3n) is 3.80. The number of hydrogen-bond donors (Lipinski definition) is 0. The average molecular weight is 687 g/mol. The van der Waals surface area contributed by atoms with Crippen LogP contribution in [0.15, 0.2) is 18.6 Å². The number of aromatic nitrogens is 6. The molecule has 0 N–H and O–H groups in total. The largest absolute Gasteiger partial charge is 0.480 e. The summed E-state index contributed by atoms with van der Waals surface area (Å²) in [7, 11) is 1.95. The van der Waals surface area contributed by atoms with Gasteiger partial charge in [0, 0.05) is 0 Å². The third kappa shape index (κ3) is 17.0. The van der Waals surface area contributed by atoms with Gasteiger partial charge in [-0.3, -0.25) is 0 Å². The first-order valence-electron chi connectivity index (χ1n) is 11.8. The van der Waals surface area contributed by atoms with Gasteiger partial charge in [0.15, 0.2) is 0 Å². The second-order valence-electron chi connectivity index (χ2n) is 9.64. The minimum Gasteiger partial charge on any atom is -0.480 e. The second-order valence-corrected chi connectivity index (χ2v) is 20.7. The van der Waals surface area contributed by atoms with Crippen molar-refractivity contribution in [3.8, 4) is 53.4 Å². The van der Waals surface area contributed by atoms with Crippen LogP contribution in [-0.2, 0) is 0 Å². The van der Waals surface area contributed by atoms with Crippen molar-refractivity contribution in [3.63, 3.8) is 0 Å². The topological polar surface area (TPSA) is 105 Å². The number of nitrogens with zero attached hydrogens (tertiary/aromatic N) is 6. The number of halogens is 4. The van der Waals surface area contributed by atoms with Gasteiger partial charge in [-0.05, 0) is 23.4 Å². The van der Waals surface area contributed by atoms with E-state index in [1.54, 1.807) is 0 Å². The van der Waals surface area contributed by atoms with Gasteiger partial charge in [0.2, 0.25) is 34.6 Å². The molecule has 0 spiro atoms. The molecule has 0 aliphatic rings. The molecule has 42 heavy (non-hydrogen) atoms. The molecule has 0 aliphatic carbocycles. The highest BCUT2D eigenvalue weighted by atomic mass is 35.5. The smallest absolute Gasteiger partial charge is 0.236 e. The summed E-state index contributed by atoms with van der Waals surface area (Å²) in [5.41, 5.74) is 5.92. The lowest BCUT2D eigenvalue weighted by molar-refractivity contribution is 0.396. The number of rotatable bonds is 3. The molecule has 0 radical (unpaired) electrons. The predicted molar refractivity (Wildman–Crippen MR) is 176 cm³/mol. The van der Waals surface area contributed by atoms with Crippen molar-refractivity contribution >= 4 is 62.6 Å². The van der Waals surface area contributed by atoms with E-state index in [2.05, 4.69) is 92.1 Å². The zero-order valence-corrected chi connectivity index (χ0v) is 29.8. The molecule has 15 heteroatoms. The lowest BCUT2D eigenvalue weighted by Gasteiger charge is -2.03. The van der Waals surface area contributed by atoms with Crippen molar-refractivity contribution in [1.29, 1.82) is 0 Å². The van der Waals surface area contributed by atoms with Crippen LogP contribution in [0, 0.1) is 35.8 Å². The van der Waals surface area contributed by atoms with Gasteiger partial charge in [-0.15, -0.1) is 23.9 Å². The quantitative estimate of drug-likeness (QED) is 0.168. The van der Waals surface area contributed by atoms with E-state index in [1.165, 1.54) is 39.9 Å². The van der Waals surface area contributed by atoms with Crippen molar-refractivity contribution in [2.45, 2.75) is 39.3 Å². The van der Waals surface area contributed by atoms with Crippen LogP contribution in [0.3, 0.4) is 0 Å². The van der Waals surface area contributed by atoms with Gasteiger partial charge in [0.1, 0.15) is 31.2 Å². The van der Waals surface area contributed by atoms with Gasteiger partial charge in [0.05, 0.1) is 39.9 Å². The van der Waals surface area contributed by atoms with Crippen molar-refractivity contribution in [1.82, 2.24) is 29.9 Å². The predicted octanol–water partition coefficient (Wildman–Crippen LogP) is 6.78. The summed E-state index contributed by atoms with van der Waals surface area (Å²) in [5.74, 6) is 6.89. The van der Waals surface area contributed by atoms with Crippen LogP contribution in [0.2, 0.25) is 59.6 Å². The van der Waals surface area contributed by atoms with Gasteiger partial charge in [-0.1, -0.05) is 74.1 Å². The van der Waals surface area contributed by atoms with Crippen LogP contribution in [0.1, 0.15) is 11.6 Å². The maximum Gasteiger partial charge on any atom is 0.236 e. The summed E-state index contributed by atoms with van der Waals surface area (Å²) in [6.07, 6.45) is 14.5. The van der Waals surface area contributed by atoms with Crippen molar-refractivity contribution in [2.24, 2.45) is 0 Å². The Morgan fingerprint density at radius 1 is 0.619 bits per heavy atom. The van der Waals surface area contributed by atoms with Gasteiger partial charge in [-0.2, -0.15) is 15.0 Å². The van der Waals surface area contributed by atoms with E-state index in [1.807, 2.05) is 0 Å². The van der Waals surface area contributed by atoms with Gasteiger partial charge >= 0.3 is 0 Å². The SMILES string of the molecule is C#C[Si](C)(C)C.C#Cc1ncc(Cl)c(OC)n1.COc1nc(C#C[Si](C)(C)C)ncc1Cl.COc1nc(Cl)ncc1Cl. The van der Waals surface area contributed by atoms with Crippen molar-refractivity contribution in [3.05, 3.63) is 50.6 Å². The Hall–Kier alpha value is -3.09. The normalized spacial score (nSPS) is 9.79. The number of hydrogen-bond acceptors (Lipinski definition) is 9. The zero-order chi connectivity index (χ0) is 32.5. The Bertz CT molecular complexity index is 1460. The first-order valence-corrected chi connectivity index (χ1v) is 20.3. The van der Waals surface area contributed by atoms with E-state index >= 15 is 0 Å². The van der Waals surface area contributed by atoms with Gasteiger partial charge in [-0.25, -0.2) is 15.0 Å². The molecule has 224 valence electrons. The molecule has 3 rings (SSSR count). The summed E-state index contributed by atoms with van der Waals surface area (Å²) in [6, 6.07) is 0. The Morgan fingerprint density at radius 3 is 1.36 bits per heavy atom. The molecule has 0 fully saturated rings. The number of methoxy groups -OCH3 is 3. The van der Waals surface area contributed by atoms with E-state index in [9.17, 15) is 0 Å². The molecular formula is C27H32Cl4N6O3Si2. The van der Waals surface area contributed by atoms with Crippen LogP contribution in [0.4, 0.5) is 0 Å². The lowest BCUT2D eigenvalue weighted by Crippen LogP contribution is -2.16. The van der Waals surface area contributed by atoms with Crippen LogP contribution in [0.25, 0.3) is 0 Å². The molecule has 3 heterocycles. The van der Waals surface area contributed by atoms with Crippen LogP contribution in [0.5, 0.6) is 17.6 Å². The molecular weight excluding hydrogens is 654 g/mol. The monoisotopic (exact) mass is 684 g/mol. The summed E-state index contributed by atoms with van der Waals surface area (Å²) in [4.78, 5) is 23.0. The van der Waals surface area contributed by atoms with Gasteiger partial charge in [0.25, 0.3) is 0 Å². The average Bonchev–Trinajstić information content (AvgIpc) is 2.94. The van der Waals surface area contributed by atoms with Crippen molar-refractivity contribution < 1.29 is 14.2 Å². The Balaban J connectivity index is 0.000000558. The van der Waals surface area contributed by atoms with Crippen molar-refractivity contribution in [2.75, 3.05) is 21.3 Å². The number of ether oxygens (including phenoxy) is 3. The van der Waals surface area contributed by atoms with E-state index in [0.29, 0.717) is 38.5 Å². The molecule has 0 saturated carbocycles. The first kappa shape index (κ1) is 38.9. The summed E-state index contributed by atoms with van der Waals surface area (Å²) < 4.78 is 14.5. The Morgan fingerprint density at radius 2 is 1.00 bits per heavy atom. The molecule has 3 aromatic rings. The molecule has 0 aliphatic heterocycles. The molecule has 0 unspecified atom stereocenters. The minimum atomic E-state index is -1.40. The van der Waals surface area contributed by atoms with Crippen LogP contribution in [-0.4, -0.2) is 67.4 Å². The summed E-state index contributed by atoms with van der Waals surface area (Å²) in [6.45, 7) is 12.9. The van der Waals surface area contributed by atoms with Crippen LogP contribution >= 0.6 is 46.4 Å². The maximum atomic E-state index is 5.80. The fraction of sp³-hybridized carbons (Fsp3) is 0.333. The minimum absolute atomic E-state index is 0.126. The zero-order valence-electron chi connectivity index (χ0n) is 24.8. The molecule has 0 aromatic carbocycles. The molecule has 9 nitrogen and oxygen atoms in total. The van der Waals surface area contributed by atoms with E-state index in [-0.39, 0.29) is 11.1 Å². The molecule has 3 aromatic heterocycles. The van der Waals surface area contributed by atoms with E-state index < -0.39 is 16.1 Å². The maximum absolute atomic E-state index is 5.80. The van der Waals surface area contributed by atoms with Crippen LogP contribution < -0.4 is 14.2 Å². The summed E-state index contributed by atoms with van der Waals surface area (Å²) in [5, 5.41) is 1.23. The van der Waals surface area contributed by atoms with E-state index in [4.69, 9.17) is 73.5 Å². The first-order chi connectivity index (χ1) is 19.5. The third-order valence-corrected chi connectivity index (χ3v) is 6.50. The highest BCUT2D eigenvalue weighted by molar-refractivity contribution is 6.84. The Labute approximate surface area is 270 Å². The number of terminal acetylenes is 2. The van der Waals surface area contributed by atoms with E-state index in [0.717, 1.165) is 0 Å². The highest BCUT2D eigenvalue weighted by Gasteiger charge is 2.09. The summed E-state index contributed by atoms with van der Waals surface area (Å²) >= 11 is 22.5. The Kier molecular flexibility index (Phi) is 17.8. The highest BCUT2D eigenvalue weighted by Crippen LogP contribution is 2.21. The fourth-order valence-electron chi connectivity index (χ4n) is 1.84. The molecule has 0 saturated heterocycles. The lowest BCUT2D eigenvalue weighted by atomic mass is 10.5.